The summed E-state index contributed by atoms with van der Waals surface area (Å²) in [5.74, 6) is -0.372. The molecule has 4 N–H and O–H groups in total. The second kappa shape index (κ2) is 4.31. The second-order valence-corrected chi connectivity index (χ2v) is 4.37. The molecule has 100 valence electrons. The van der Waals surface area contributed by atoms with Gasteiger partial charge in [-0.1, -0.05) is 30.3 Å². The normalized spacial score (nSPS) is 10.8. The molecule has 1 heterocycles. The van der Waals surface area contributed by atoms with E-state index in [1.807, 2.05) is 18.2 Å². The molecule has 0 aliphatic rings. The van der Waals surface area contributed by atoms with Crippen molar-refractivity contribution in [3.05, 3.63) is 52.7 Å². The molecule has 0 saturated heterocycles. The maximum Gasteiger partial charge on any atom is 0.197 e. The van der Waals surface area contributed by atoms with E-state index in [1.165, 1.54) is 6.07 Å². The number of fused-ring (bicyclic) bond motifs is 1. The Labute approximate surface area is 113 Å². The molecule has 5 nitrogen and oxygen atoms in total. The summed E-state index contributed by atoms with van der Waals surface area (Å²) in [6.07, 6.45) is 0. The fourth-order valence-corrected chi connectivity index (χ4v) is 2.07. The monoisotopic (exact) mass is 269 g/mol. The summed E-state index contributed by atoms with van der Waals surface area (Å²) < 4.78 is 5.58. The average molecular weight is 269 g/mol. The first-order valence-corrected chi connectivity index (χ1v) is 5.91. The van der Waals surface area contributed by atoms with Crippen molar-refractivity contribution in [3.63, 3.8) is 0 Å². The Morgan fingerprint density at radius 1 is 1.00 bits per heavy atom. The van der Waals surface area contributed by atoms with Gasteiger partial charge in [-0.15, -0.1) is 0 Å². The smallest absolute Gasteiger partial charge is 0.197 e. The number of phenols is 2. The third-order valence-corrected chi connectivity index (χ3v) is 3.06. The van der Waals surface area contributed by atoms with Gasteiger partial charge in [0.2, 0.25) is 0 Å². The number of anilines is 1. The van der Waals surface area contributed by atoms with Gasteiger partial charge in [-0.3, -0.25) is 4.79 Å². The van der Waals surface area contributed by atoms with E-state index in [1.54, 1.807) is 12.1 Å². The molecule has 0 radical (unpaired) electrons. The van der Waals surface area contributed by atoms with E-state index in [9.17, 15) is 15.0 Å². The number of hydrogen-bond donors (Lipinski definition) is 3. The van der Waals surface area contributed by atoms with Crippen molar-refractivity contribution in [1.82, 2.24) is 0 Å². The van der Waals surface area contributed by atoms with Crippen molar-refractivity contribution >= 4 is 16.7 Å². The lowest BCUT2D eigenvalue weighted by molar-refractivity contribution is 0.454. The molecule has 0 bridgehead atoms. The number of rotatable bonds is 1. The summed E-state index contributed by atoms with van der Waals surface area (Å²) in [5.41, 5.74) is 5.89. The molecule has 0 aliphatic heterocycles. The van der Waals surface area contributed by atoms with Crippen molar-refractivity contribution in [1.29, 1.82) is 0 Å². The van der Waals surface area contributed by atoms with Crippen LogP contribution in [-0.2, 0) is 0 Å². The Balaban J connectivity index is 2.40. The Bertz CT molecular complexity index is 853. The molecule has 0 saturated carbocycles. The van der Waals surface area contributed by atoms with E-state index in [2.05, 4.69) is 0 Å². The molecule has 0 fully saturated rings. The van der Waals surface area contributed by atoms with Crippen LogP contribution in [0.25, 0.3) is 22.3 Å². The molecule has 3 aromatic rings. The standard InChI is InChI=1S/C15H11NO4/c16-14-11(19)6-9(17)13-10(18)7-12(20-15(13)14)8-4-2-1-3-5-8/h1-7,17,19H,16H2. The summed E-state index contributed by atoms with van der Waals surface area (Å²) in [6, 6.07) is 11.3. The molecule has 5 heteroatoms. The van der Waals surface area contributed by atoms with E-state index >= 15 is 0 Å². The minimum Gasteiger partial charge on any atom is -0.507 e. The van der Waals surface area contributed by atoms with Crippen molar-refractivity contribution < 1.29 is 14.6 Å². The van der Waals surface area contributed by atoms with Gasteiger partial charge >= 0.3 is 0 Å². The van der Waals surface area contributed by atoms with E-state index in [-0.39, 0.29) is 28.2 Å². The highest BCUT2D eigenvalue weighted by Gasteiger charge is 2.16. The lowest BCUT2D eigenvalue weighted by Crippen LogP contribution is -2.02. The van der Waals surface area contributed by atoms with Gasteiger partial charge < -0.3 is 20.4 Å². The van der Waals surface area contributed by atoms with Gasteiger partial charge in [0.05, 0.1) is 0 Å². The quantitative estimate of drug-likeness (QED) is 0.358. The van der Waals surface area contributed by atoms with Gasteiger partial charge in [-0.2, -0.15) is 0 Å². The van der Waals surface area contributed by atoms with Crippen LogP contribution in [0.1, 0.15) is 0 Å². The molecule has 0 atom stereocenters. The van der Waals surface area contributed by atoms with Crippen LogP contribution in [0.3, 0.4) is 0 Å². The van der Waals surface area contributed by atoms with Crippen molar-refractivity contribution in [3.8, 4) is 22.8 Å². The first-order valence-electron chi connectivity index (χ1n) is 5.91. The van der Waals surface area contributed by atoms with Gasteiger partial charge in [0, 0.05) is 17.7 Å². The Hall–Kier alpha value is -2.95. The molecule has 0 aliphatic carbocycles. The lowest BCUT2D eigenvalue weighted by Gasteiger charge is -2.07. The van der Waals surface area contributed by atoms with Crippen molar-refractivity contribution in [2.45, 2.75) is 0 Å². The highest BCUT2D eigenvalue weighted by atomic mass is 16.3. The zero-order valence-electron chi connectivity index (χ0n) is 10.3. The van der Waals surface area contributed by atoms with E-state index in [0.29, 0.717) is 11.3 Å². The summed E-state index contributed by atoms with van der Waals surface area (Å²) >= 11 is 0. The maximum atomic E-state index is 12.1. The molecule has 0 spiro atoms. The molecular formula is C15H11NO4. The predicted molar refractivity (Wildman–Crippen MR) is 75.7 cm³/mol. The van der Waals surface area contributed by atoms with Gasteiger partial charge in [-0.25, -0.2) is 0 Å². The molecule has 20 heavy (non-hydrogen) atoms. The number of aromatic hydroxyl groups is 2. The molecule has 2 aromatic carbocycles. The largest absolute Gasteiger partial charge is 0.507 e. The summed E-state index contributed by atoms with van der Waals surface area (Å²) in [7, 11) is 0. The van der Waals surface area contributed by atoms with Crippen molar-refractivity contribution in [2.75, 3.05) is 5.73 Å². The third-order valence-electron chi connectivity index (χ3n) is 3.06. The van der Waals surface area contributed by atoms with Gasteiger partial charge in [-0.05, 0) is 0 Å². The van der Waals surface area contributed by atoms with Crippen LogP contribution in [0.4, 0.5) is 5.69 Å². The highest BCUT2D eigenvalue weighted by Crippen LogP contribution is 2.36. The average Bonchev–Trinajstić information content (AvgIpc) is 2.45. The Morgan fingerprint density at radius 3 is 2.40 bits per heavy atom. The maximum absolute atomic E-state index is 12.1. The number of nitrogens with two attached hydrogens (primary N) is 1. The predicted octanol–water partition coefficient (Wildman–Crippen LogP) is 2.45. The van der Waals surface area contributed by atoms with Crippen LogP contribution in [-0.4, -0.2) is 10.2 Å². The van der Waals surface area contributed by atoms with Crippen molar-refractivity contribution in [2.24, 2.45) is 0 Å². The van der Waals surface area contributed by atoms with E-state index < -0.39 is 5.43 Å². The van der Waals surface area contributed by atoms with Crippen LogP contribution in [0.2, 0.25) is 0 Å². The molecule has 1 aromatic heterocycles. The fourth-order valence-electron chi connectivity index (χ4n) is 2.07. The summed E-state index contributed by atoms with van der Waals surface area (Å²) in [6.45, 7) is 0. The Kier molecular flexibility index (Phi) is 2.61. The first-order chi connectivity index (χ1) is 9.58. The third kappa shape index (κ3) is 1.76. The highest BCUT2D eigenvalue weighted by molar-refractivity contribution is 5.95. The van der Waals surface area contributed by atoms with Crippen LogP contribution >= 0.6 is 0 Å². The number of phenolic OH excluding ortho intramolecular Hbond substituents is 2. The zero-order valence-corrected chi connectivity index (χ0v) is 10.3. The van der Waals surface area contributed by atoms with E-state index in [4.69, 9.17) is 10.2 Å². The number of nitrogen functional groups attached to an aromatic ring is 1. The molecule has 0 unspecified atom stereocenters. The molecule has 0 amide bonds. The fraction of sp³-hybridized carbons (Fsp3) is 0. The molecule has 3 rings (SSSR count). The topological polar surface area (TPSA) is 96.7 Å². The summed E-state index contributed by atoms with van der Waals surface area (Å²) in [4.78, 5) is 12.1. The van der Waals surface area contributed by atoms with Gasteiger partial charge in [0.25, 0.3) is 0 Å². The Morgan fingerprint density at radius 2 is 1.70 bits per heavy atom. The minimum absolute atomic E-state index is 0.0196. The molecular weight excluding hydrogens is 258 g/mol. The second-order valence-electron chi connectivity index (χ2n) is 4.37. The van der Waals surface area contributed by atoms with Crippen LogP contribution in [0.15, 0.2) is 51.7 Å². The zero-order chi connectivity index (χ0) is 14.3. The van der Waals surface area contributed by atoms with E-state index in [0.717, 1.165) is 6.07 Å². The van der Waals surface area contributed by atoms with Crippen LogP contribution < -0.4 is 11.2 Å². The van der Waals surface area contributed by atoms with Crippen LogP contribution in [0.5, 0.6) is 11.5 Å². The summed E-state index contributed by atoms with van der Waals surface area (Å²) in [5, 5.41) is 19.3. The lowest BCUT2D eigenvalue weighted by atomic mass is 10.1. The van der Waals surface area contributed by atoms with Gasteiger partial charge in [0.15, 0.2) is 11.0 Å². The SMILES string of the molecule is Nc1c(O)cc(O)c2c(=O)cc(-c3ccccc3)oc12. The number of hydrogen-bond acceptors (Lipinski definition) is 5. The minimum atomic E-state index is -0.422. The van der Waals surface area contributed by atoms with Gasteiger partial charge in [0.1, 0.15) is 28.3 Å². The van der Waals surface area contributed by atoms with Crippen LogP contribution in [0, 0.1) is 0 Å². The first kappa shape index (κ1) is 12.1. The number of benzene rings is 2.